The second-order valence-corrected chi connectivity index (χ2v) is 10.5. The number of nitrogens with one attached hydrogen (secondary N) is 2. The maximum absolute atomic E-state index is 13.2. The van der Waals surface area contributed by atoms with E-state index in [4.69, 9.17) is 9.47 Å². The molecule has 0 spiro atoms. The second-order valence-electron chi connectivity index (χ2n) is 8.56. The molecule has 0 unspecified atom stereocenters. The van der Waals surface area contributed by atoms with Crippen LogP contribution in [0.4, 0.5) is 5.69 Å². The van der Waals surface area contributed by atoms with Crippen LogP contribution in [-0.4, -0.2) is 54.5 Å². The third kappa shape index (κ3) is 4.44. The molecule has 1 fully saturated rings. The van der Waals surface area contributed by atoms with E-state index >= 15 is 0 Å². The number of H-pyrrole nitrogens is 1. The lowest BCUT2D eigenvalue weighted by Gasteiger charge is -2.31. The predicted octanol–water partition coefficient (Wildman–Crippen LogP) is 2.28. The Bertz CT molecular complexity index is 1420. The number of nitrogens with zero attached hydrogens (tertiary/aromatic N) is 2. The summed E-state index contributed by atoms with van der Waals surface area (Å²) in [6.45, 7) is 3.06. The van der Waals surface area contributed by atoms with E-state index in [1.165, 1.54) is 21.0 Å². The van der Waals surface area contributed by atoms with Crippen LogP contribution in [0, 0.1) is 12.8 Å². The molecule has 2 aromatic carbocycles. The number of ether oxygens (including phenoxy) is 2. The van der Waals surface area contributed by atoms with Gasteiger partial charge < -0.3 is 19.8 Å². The Kier molecular flexibility index (Phi) is 6.12. The Labute approximate surface area is 202 Å². The predicted molar refractivity (Wildman–Crippen MR) is 129 cm³/mol. The van der Waals surface area contributed by atoms with Crippen LogP contribution in [0.5, 0.6) is 11.5 Å². The van der Waals surface area contributed by atoms with Gasteiger partial charge in [-0.15, -0.1) is 0 Å². The molecule has 5 rings (SSSR count). The first-order valence-corrected chi connectivity index (χ1v) is 12.9. The molecule has 35 heavy (non-hydrogen) atoms. The Hall–Kier alpha value is -3.57. The van der Waals surface area contributed by atoms with Crippen LogP contribution >= 0.6 is 0 Å². The van der Waals surface area contributed by atoms with E-state index in [0.717, 1.165) is 0 Å². The largest absolute Gasteiger partial charge is 0.486 e. The number of imidazole rings is 1. The van der Waals surface area contributed by atoms with Crippen LogP contribution in [-0.2, 0) is 14.8 Å². The molecule has 1 amide bonds. The van der Waals surface area contributed by atoms with E-state index in [-0.39, 0.29) is 35.5 Å². The summed E-state index contributed by atoms with van der Waals surface area (Å²) in [7, 11) is -3.72. The highest BCUT2D eigenvalue weighted by Gasteiger charge is 2.33. The lowest BCUT2D eigenvalue weighted by molar-refractivity contribution is -0.120. The molecule has 10 nitrogen and oxygen atoms in total. The van der Waals surface area contributed by atoms with Gasteiger partial charge in [0.25, 0.3) is 0 Å². The van der Waals surface area contributed by atoms with E-state index in [9.17, 15) is 18.0 Å². The normalized spacial score (nSPS) is 16.7. The quantitative estimate of drug-likeness (QED) is 0.557. The number of piperidine rings is 1. The summed E-state index contributed by atoms with van der Waals surface area (Å²) in [5.74, 6) is 0.402. The van der Waals surface area contributed by atoms with Gasteiger partial charge in [-0.2, -0.15) is 4.31 Å². The van der Waals surface area contributed by atoms with Crippen molar-refractivity contribution in [2.45, 2.75) is 24.7 Å². The summed E-state index contributed by atoms with van der Waals surface area (Å²) in [6.07, 6.45) is 2.39. The first-order valence-electron chi connectivity index (χ1n) is 11.4. The van der Waals surface area contributed by atoms with Gasteiger partial charge in [0, 0.05) is 37.0 Å². The van der Waals surface area contributed by atoms with Crippen molar-refractivity contribution in [2.24, 2.45) is 5.92 Å². The summed E-state index contributed by atoms with van der Waals surface area (Å²) in [5.41, 5.74) is 1.52. The fourth-order valence-electron chi connectivity index (χ4n) is 4.46. The number of rotatable bonds is 5. The molecule has 2 aliphatic rings. The topological polar surface area (TPSA) is 123 Å². The number of hydrogen-bond donors (Lipinski definition) is 2. The van der Waals surface area contributed by atoms with Crippen molar-refractivity contribution in [3.05, 3.63) is 64.8 Å². The molecule has 0 saturated carbocycles. The van der Waals surface area contributed by atoms with Crippen molar-refractivity contribution in [2.75, 3.05) is 31.6 Å². The number of fused-ring (bicyclic) bond motifs is 1. The molecule has 1 aromatic heterocycles. The van der Waals surface area contributed by atoms with E-state index in [2.05, 4.69) is 10.3 Å². The van der Waals surface area contributed by atoms with Gasteiger partial charge in [0.15, 0.2) is 11.5 Å². The van der Waals surface area contributed by atoms with Crippen LogP contribution in [0.2, 0.25) is 0 Å². The number of anilines is 1. The Morgan fingerprint density at radius 3 is 2.49 bits per heavy atom. The molecule has 2 N–H and O–H groups in total. The number of para-hydroxylation sites is 2. The number of carbonyl (C=O) groups excluding carboxylic acids is 1. The third-order valence-corrected chi connectivity index (χ3v) is 8.23. The Balaban J connectivity index is 1.27. The molecule has 3 aromatic rings. The number of hydrogen-bond acceptors (Lipinski definition) is 6. The second kappa shape index (κ2) is 9.23. The molecular weight excluding hydrogens is 472 g/mol. The van der Waals surface area contributed by atoms with Crippen molar-refractivity contribution in [1.29, 1.82) is 0 Å². The molecule has 2 aliphatic heterocycles. The van der Waals surface area contributed by atoms with Gasteiger partial charge in [0.2, 0.25) is 15.9 Å². The molecule has 3 heterocycles. The SMILES string of the molecule is Cc1c[nH]c(=O)n1-c1ccccc1NC(=O)C1CCN(S(=O)(=O)c2ccc3c(c2)OCCO3)CC1. The van der Waals surface area contributed by atoms with Crippen molar-refractivity contribution in [3.8, 4) is 17.2 Å². The first kappa shape index (κ1) is 23.2. The van der Waals surface area contributed by atoms with Gasteiger partial charge in [-0.3, -0.25) is 9.36 Å². The van der Waals surface area contributed by atoms with E-state index in [1.807, 2.05) is 0 Å². The standard InChI is InChI=1S/C24H26N4O6S/c1-16-15-25-24(30)28(16)20-5-3-2-4-19(20)26-23(29)17-8-10-27(11-9-17)35(31,32)18-6-7-21-22(14-18)34-13-12-33-21/h2-7,14-15,17H,8-13H2,1H3,(H,25,30)(H,26,29). The highest BCUT2D eigenvalue weighted by atomic mass is 32.2. The number of carbonyl (C=O) groups is 1. The number of amides is 1. The lowest BCUT2D eigenvalue weighted by atomic mass is 9.97. The maximum Gasteiger partial charge on any atom is 0.330 e. The van der Waals surface area contributed by atoms with Crippen LogP contribution in [0.3, 0.4) is 0 Å². The minimum absolute atomic E-state index is 0.144. The number of aryl methyl sites for hydroxylation is 1. The number of aromatic nitrogens is 2. The summed E-state index contributed by atoms with van der Waals surface area (Å²) < 4.78 is 40.2. The minimum atomic E-state index is -3.72. The fourth-order valence-corrected chi connectivity index (χ4v) is 5.94. The highest BCUT2D eigenvalue weighted by Crippen LogP contribution is 2.34. The van der Waals surface area contributed by atoms with Crippen LogP contribution in [0.25, 0.3) is 5.69 Å². The molecular formula is C24H26N4O6S. The Morgan fingerprint density at radius 1 is 1.06 bits per heavy atom. The van der Waals surface area contributed by atoms with Crippen LogP contribution in [0.15, 0.2) is 58.4 Å². The van der Waals surface area contributed by atoms with Crippen LogP contribution in [0.1, 0.15) is 18.5 Å². The minimum Gasteiger partial charge on any atom is -0.486 e. The summed E-state index contributed by atoms with van der Waals surface area (Å²) >= 11 is 0. The molecule has 11 heteroatoms. The summed E-state index contributed by atoms with van der Waals surface area (Å²) in [5, 5.41) is 2.93. The average molecular weight is 499 g/mol. The van der Waals surface area contributed by atoms with E-state index < -0.39 is 10.0 Å². The third-order valence-electron chi connectivity index (χ3n) is 6.34. The molecule has 0 aliphatic carbocycles. The Morgan fingerprint density at radius 2 is 1.77 bits per heavy atom. The molecule has 184 valence electrons. The van der Waals surface area contributed by atoms with Gasteiger partial charge in [0.1, 0.15) is 13.2 Å². The maximum atomic E-state index is 13.2. The number of aromatic amines is 1. The van der Waals surface area contributed by atoms with Crippen molar-refractivity contribution in [1.82, 2.24) is 13.9 Å². The first-order chi connectivity index (χ1) is 16.8. The number of benzene rings is 2. The van der Waals surface area contributed by atoms with Gasteiger partial charge in [0.05, 0.1) is 16.3 Å². The van der Waals surface area contributed by atoms with Gasteiger partial charge >= 0.3 is 5.69 Å². The van der Waals surface area contributed by atoms with Gasteiger partial charge in [-0.05, 0) is 44.0 Å². The lowest BCUT2D eigenvalue weighted by Crippen LogP contribution is -2.41. The van der Waals surface area contributed by atoms with Crippen molar-refractivity contribution >= 4 is 21.6 Å². The van der Waals surface area contributed by atoms with Crippen molar-refractivity contribution in [3.63, 3.8) is 0 Å². The molecule has 0 radical (unpaired) electrons. The zero-order valence-electron chi connectivity index (χ0n) is 19.2. The van der Waals surface area contributed by atoms with E-state index in [0.29, 0.717) is 54.6 Å². The zero-order valence-corrected chi connectivity index (χ0v) is 20.0. The molecule has 0 atom stereocenters. The van der Waals surface area contributed by atoms with Gasteiger partial charge in [-0.25, -0.2) is 13.2 Å². The number of sulfonamides is 1. The summed E-state index contributed by atoms with van der Waals surface area (Å²) in [6, 6.07) is 11.7. The van der Waals surface area contributed by atoms with Gasteiger partial charge in [-0.1, -0.05) is 12.1 Å². The molecule has 1 saturated heterocycles. The smallest absolute Gasteiger partial charge is 0.330 e. The average Bonchev–Trinajstić information content (AvgIpc) is 3.21. The van der Waals surface area contributed by atoms with Crippen LogP contribution < -0.4 is 20.5 Å². The fraction of sp³-hybridized carbons (Fsp3) is 0.333. The summed E-state index contributed by atoms with van der Waals surface area (Å²) in [4.78, 5) is 28.1. The molecule has 0 bridgehead atoms. The highest BCUT2D eigenvalue weighted by molar-refractivity contribution is 7.89. The van der Waals surface area contributed by atoms with E-state index in [1.54, 1.807) is 43.5 Å². The van der Waals surface area contributed by atoms with Crippen molar-refractivity contribution < 1.29 is 22.7 Å². The monoisotopic (exact) mass is 498 g/mol. The zero-order chi connectivity index (χ0) is 24.6.